The van der Waals surface area contributed by atoms with E-state index in [-0.39, 0.29) is 23.1 Å². The number of carboxylic acids is 1. The van der Waals surface area contributed by atoms with Crippen LogP contribution in [0.5, 0.6) is 11.5 Å². The van der Waals surface area contributed by atoms with Crippen molar-refractivity contribution >= 4 is 5.97 Å². The number of aromatic nitrogens is 2. The molecular weight excluding hydrogens is 275 g/mol. The molecule has 0 saturated carbocycles. The van der Waals surface area contributed by atoms with E-state index < -0.39 is 11.8 Å². The molecule has 1 heterocycles. The van der Waals surface area contributed by atoms with Crippen molar-refractivity contribution in [2.45, 2.75) is 26.7 Å². The van der Waals surface area contributed by atoms with E-state index in [2.05, 4.69) is 9.97 Å². The van der Waals surface area contributed by atoms with Gasteiger partial charge in [0.15, 0.2) is 23.0 Å². The first-order valence-electron chi connectivity index (χ1n) is 6.42. The molecule has 6 heteroatoms. The average molecular weight is 290 g/mol. The Morgan fingerprint density at radius 3 is 2.67 bits per heavy atom. The molecule has 1 N–H and O–H groups in total. The van der Waals surface area contributed by atoms with Crippen molar-refractivity contribution in [3.63, 3.8) is 0 Å². The maximum absolute atomic E-state index is 13.7. The third-order valence-corrected chi connectivity index (χ3v) is 2.80. The van der Waals surface area contributed by atoms with Gasteiger partial charge in [0.05, 0.1) is 6.20 Å². The topological polar surface area (TPSA) is 72.3 Å². The summed E-state index contributed by atoms with van der Waals surface area (Å²) in [6.45, 7) is 5.48. The highest BCUT2D eigenvalue weighted by molar-refractivity contribution is 5.88. The van der Waals surface area contributed by atoms with Crippen LogP contribution in [-0.2, 0) is 0 Å². The Morgan fingerprint density at radius 1 is 1.33 bits per heavy atom. The van der Waals surface area contributed by atoms with Gasteiger partial charge in [-0.2, -0.15) is 0 Å². The minimum absolute atomic E-state index is 0.0205. The smallest absolute Gasteiger partial charge is 0.358 e. The minimum atomic E-state index is -1.25. The summed E-state index contributed by atoms with van der Waals surface area (Å²) in [5.41, 5.74) is 0.512. The van der Waals surface area contributed by atoms with Gasteiger partial charge in [-0.1, -0.05) is 19.9 Å². The number of ether oxygens (including phenoxy) is 1. The molecule has 0 spiro atoms. The van der Waals surface area contributed by atoms with Gasteiger partial charge in [0.25, 0.3) is 0 Å². The zero-order valence-electron chi connectivity index (χ0n) is 11.9. The second-order valence-corrected chi connectivity index (χ2v) is 4.94. The van der Waals surface area contributed by atoms with E-state index >= 15 is 0 Å². The van der Waals surface area contributed by atoms with Gasteiger partial charge in [-0.15, -0.1) is 0 Å². The molecule has 1 aromatic heterocycles. The standard InChI is InChI=1S/C15H15FN2O3/c1-8(2)14-17-7-12(13(18-14)15(19)20)21-11-6-9(3)4-5-10(11)16/h4-8H,1-3H3,(H,19,20). The molecule has 0 saturated heterocycles. The van der Waals surface area contributed by atoms with Gasteiger partial charge in [-0.25, -0.2) is 19.2 Å². The average Bonchev–Trinajstić information content (AvgIpc) is 2.42. The minimum Gasteiger partial charge on any atom is -0.476 e. The first-order chi connectivity index (χ1) is 9.88. The van der Waals surface area contributed by atoms with Gasteiger partial charge in [0.1, 0.15) is 5.82 Å². The Labute approximate surface area is 121 Å². The molecule has 0 unspecified atom stereocenters. The third-order valence-electron chi connectivity index (χ3n) is 2.80. The molecule has 0 aliphatic carbocycles. The Balaban J connectivity index is 2.44. The fourth-order valence-corrected chi connectivity index (χ4v) is 1.70. The zero-order chi connectivity index (χ0) is 15.6. The van der Waals surface area contributed by atoms with Gasteiger partial charge in [0.2, 0.25) is 0 Å². The Morgan fingerprint density at radius 2 is 2.05 bits per heavy atom. The fraction of sp³-hybridized carbons (Fsp3) is 0.267. The molecule has 0 radical (unpaired) electrons. The molecule has 0 fully saturated rings. The van der Waals surface area contributed by atoms with Crippen LogP contribution in [0.4, 0.5) is 4.39 Å². The van der Waals surface area contributed by atoms with Gasteiger partial charge in [0, 0.05) is 5.92 Å². The van der Waals surface area contributed by atoms with Crippen LogP contribution in [-0.4, -0.2) is 21.0 Å². The van der Waals surface area contributed by atoms with Crippen molar-refractivity contribution in [2.24, 2.45) is 0 Å². The van der Waals surface area contributed by atoms with Crippen molar-refractivity contribution in [2.75, 3.05) is 0 Å². The Kier molecular flexibility index (Phi) is 4.16. The van der Waals surface area contributed by atoms with Gasteiger partial charge < -0.3 is 9.84 Å². The molecule has 0 aliphatic heterocycles. The fourth-order valence-electron chi connectivity index (χ4n) is 1.70. The normalized spacial score (nSPS) is 10.7. The molecule has 5 nitrogen and oxygen atoms in total. The van der Waals surface area contributed by atoms with Crippen LogP contribution in [0.2, 0.25) is 0 Å². The molecule has 1 aromatic carbocycles. The van der Waals surface area contributed by atoms with E-state index in [9.17, 15) is 14.3 Å². The molecule has 2 aromatic rings. The number of aryl methyl sites for hydroxylation is 1. The molecule has 110 valence electrons. The van der Waals surface area contributed by atoms with Gasteiger partial charge in [-0.05, 0) is 24.6 Å². The van der Waals surface area contributed by atoms with Crippen LogP contribution in [0, 0.1) is 12.7 Å². The lowest BCUT2D eigenvalue weighted by molar-refractivity contribution is 0.0686. The monoisotopic (exact) mass is 290 g/mol. The summed E-state index contributed by atoms with van der Waals surface area (Å²) in [4.78, 5) is 19.3. The summed E-state index contributed by atoms with van der Waals surface area (Å²) in [6.07, 6.45) is 1.26. The quantitative estimate of drug-likeness (QED) is 0.932. The van der Waals surface area contributed by atoms with Crippen molar-refractivity contribution in [3.05, 3.63) is 47.3 Å². The Hall–Kier alpha value is -2.50. The van der Waals surface area contributed by atoms with Crippen LogP contribution >= 0.6 is 0 Å². The number of hydrogen-bond acceptors (Lipinski definition) is 4. The predicted molar refractivity (Wildman–Crippen MR) is 74.3 cm³/mol. The van der Waals surface area contributed by atoms with E-state index in [1.54, 1.807) is 13.0 Å². The lowest BCUT2D eigenvalue weighted by Crippen LogP contribution is -2.09. The summed E-state index contributed by atoms with van der Waals surface area (Å²) in [5, 5.41) is 9.21. The largest absolute Gasteiger partial charge is 0.476 e. The number of hydrogen-bond donors (Lipinski definition) is 1. The summed E-state index contributed by atoms with van der Waals surface area (Å²) in [5.74, 6) is -1.60. The highest BCUT2D eigenvalue weighted by atomic mass is 19.1. The second-order valence-electron chi connectivity index (χ2n) is 4.94. The lowest BCUT2D eigenvalue weighted by Gasteiger charge is -2.11. The molecule has 0 atom stereocenters. The number of aromatic carboxylic acids is 1. The first kappa shape index (κ1) is 14.9. The molecule has 0 aliphatic rings. The molecule has 2 rings (SSSR count). The number of carbonyl (C=O) groups is 1. The third kappa shape index (κ3) is 3.34. The van der Waals surface area contributed by atoms with Gasteiger partial charge >= 0.3 is 5.97 Å². The highest BCUT2D eigenvalue weighted by Crippen LogP contribution is 2.27. The summed E-state index contributed by atoms with van der Waals surface area (Å²) < 4.78 is 19.0. The SMILES string of the molecule is Cc1ccc(F)c(Oc2cnc(C(C)C)nc2C(=O)O)c1. The molecule has 0 bridgehead atoms. The van der Waals surface area contributed by atoms with E-state index in [0.717, 1.165) is 5.56 Å². The summed E-state index contributed by atoms with van der Waals surface area (Å²) in [7, 11) is 0. The van der Waals surface area contributed by atoms with Crippen molar-refractivity contribution in [1.82, 2.24) is 9.97 Å². The van der Waals surface area contributed by atoms with Crippen LogP contribution < -0.4 is 4.74 Å². The lowest BCUT2D eigenvalue weighted by atomic mass is 10.2. The maximum Gasteiger partial charge on any atom is 0.358 e. The first-order valence-corrected chi connectivity index (χ1v) is 6.42. The number of halogens is 1. The van der Waals surface area contributed by atoms with E-state index in [0.29, 0.717) is 5.82 Å². The highest BCUT2D eigenvalue weighted by Gasteiger charge is 2.18. The second kappa shape index (κ2) is 5.87. The summed E-state index contributed by atoms with van der Waals surface area (Å²) >= 11 is 0. The number of nitrogens with zero attached hydrogens (tertiary/aromatic N) is 2. The van der Waals surface area contributed by atoms with Crippen molar-refractivity contribution in [1.29, 1.82) is 0 Å². The van der Waals surface area contributed by atoms with Crippen LogP contribution in [0.1, 0.15) is 41.6 Å². The zero-order valence-corrected chi connectivity index (χ0v) is 11.9. The predicted octanol–water partition coefficient (Wildman–Crippen LogP) is 3.54. The molecular formula is C15H15FN2O3. The summed E-state index contributed by atoms with van der Waals surface area (Å²) in [6, 6.07) is 4.34. The van der Waals surface area contributed by atoms with Crippen LogP contribution in [0.15, 0.2) is 24.4 Å². The van der Waals surface area contributed by atoms with E-state index in [4.69, 9.17) is 4.74 Å². The van der Waals surface area contributed by atoms with E-state index in [1.807, 2.05) is 13.8 Å². The number of carboxylic acid groups (broad SMARTS) is 1. The molecule has 0 amide bonds. The number of rotatable bonds is 4. The molecule has 21 heavy (non-hydrogen) atoms. The van der Waals surface area contributed by atoms with Crippen molar-refractivity contribution < 1.29 is 19.0 Å². The maximum atomic E-state index is 13.7. The van der Waals surface area contributed by atoms with Crippen LogP contribution in [0.3, 0.4) is 0 Å². The van der Waals surface area contributed by atoms with Gasteiger partial charge in [-0.3, -0.25) is 0 Å². The van der Waals surface area contributed by atoms with Crippen LogP contribution in [0.25, 0.3) is 0 Å². The Bertz CT molecular complexity index is 687. The van der Waals surface area contributed by atoms with Crippen molar-refractivity contribution in [3.8, 4) is 11.5 Å². The number of benzene rings is 1. The van der Waals surface area contributed by atoms with E-state index in [1.165, 1.54) is 18.3 Å².